The number of nitrogens with zero attached hydrogens (tertiary/aromatic N) is 3. The minimum atomic E-state index is -0.460. The summed E-state index contributed by atoms with van der Waals surface area (Å²) in [5.41, 5.74) is 1.56. The molecular weight excluding hydrogens is 304 g/mol. The van der Waals surface area contributed by atoms with Crippen molar-refractivity contribution in [1.82, 2.24) is 10.2 Å². The van der Waals surface area contributed by atoms with Crippen LogP contribution in [0.15, 0.2) is 12.1 Å². The Morgan fingerprint density at radius 2 is 2.05 bits per heavy atom. The van der Waals surface area contributed by atoms with Gasteiger partial charge in [0.15, 0.2) is 0 Å². The van der Waals surface area contributed by atoms with Gasteiger partial charge in [0.05, 0.1) is 4.92 Å². The molecule has 0 aliphatic carbocycles. The van der Waals surface area contributed by atoms with Gasteiger partial charge in [0.1, 0.15) is 0 Å². The highest BCUT2D eigenvalue weighted by molar-refractivity contribution is 7.17. The molecule has 2 aromatic rings. The number of rotatable bonds is 3. The van der Waals surface area contributed by atoms with Gasteiger partial charge in [-0.1, -0.05) is 11.3 Å². The summed E-state index contributed by atoms with van der Waals surface area (Å²) in [6.45, 7) is 3.28. The third kappa shape index (κ3) is 2.91. The van der Waals surface area contributed by atoms with Gasteiger partial charge >= 0.3 is 0 Å². The smallest absolute Gasteiger partial charge is 0.286 e. The van der Waals surface area contributed by atoms with Crippen molar-refractivity contribution in [3.05, 3.63) is 42.8 Å². The Bertz CT molecular complexity index is 701. The Balaban J connectivity index is 2.28. The van der Waals surface area contributed by atoms with Gasteiger partial charge in [-0.15, -0.1) is 10.2 Å². The number of aromatic nitrogens is 2. The van der Waals surface area contributed by atoms with Gasteiger partial charge in [0, 0.05) is 17.3 Å². The molecule has 1 N–H and O–H groups in total. The standard InChI is InChI=1S/C11H9ClN4O3S/c1-5-4-8(16(18)19)6(2)3-7(5)13-9(17)10-14-15-11(12)20-10/h3-4H,1-2H3,(H,13,17). The van der Waals surface area contributed by atoms with Crippen molar-refractivity contribution in [3.63, 3.8) is 0 Å². The number of carbonyl (C=O) groups excluding carboxylic acids is 1. The second-order valence-electron chi connectivity index (χ2n) is 4.03. The minimum absolute atomic E-state index is 0.0134. The molecule has 0 aliphatic heterocycles. The van der Waals surface area contributed by atoms with Gasteiger partial charge in [0.2, 0.25) is 9.47 Å². The molecule has 104 valence electrons. The lowest BCUT2D eigenvalue weighted by atomic mass is 10.1. The Labute approximate surface area is 122 Å². The maximum Gasteiger partial charge on any atom is 0.286 e. The highest BCUT2D eigenvalue weighted by Gasteiger charge is 2.17. The molecule has 1 aromatic carbocycles. The van der Waals surface area contributed by atoms with Crippen LogP contribution in [0.2, 0.25) is 4.47 Å². The highest BCUT2D eigenvalue weighted by atomic mass is 35.5. The molecule has 1 heterocycles. The number of benzene rings is 1. The van der Waals surface area contributed by atoms with Gasteiger partial charge in [-0.2, -0.15) is 0 Å². The number of anilines is 1. The van der Waals surface area contributed by atoms with E-state index in [2.05, 4.69) is 15.5 Å². The van der Waals surface area contributed by atoms with Crippen LogP contribution in [0.5, 0.6) is 0 Å². The average molecular weight is 313 g/mol. The number of nitrogens with one attached hydrogen (secondary N) is 1. The van der Waals surface area contributed by atoms with E-state index in [1.54, 1.807) is 19.9 Å². The highest BCUT2D eigenvalue weighted by Crippen LogP contribution is 2.26. The Morgan fingerprint density at radius 1 is 1.35 bits per heavy atom. The molecule has 0 bridgehead atoms. The number of amides is 1. The lowest BCUT2D eigenvalue weighted by Crippen LogP contribution is -2.13. The molecule has 1 aromatic heterocycles. The van der Waals surface area contributed by atoms with Crippen molar-refractivity contribution in [2.75, 3.05) is 5.32 Å². The van der Waals surface area contributed by atoms with E-state index in [0.29, 0.717) is 16.8 Å². The average Bonchev–Trinajstić information content (AvgIpc) is 2.79. The fourth-order valence-corrected chi connectivity index (χ4v) is 2.33. The number of nitro benzene ring substituents is 1. The summed E-state index contributed by atoms with van der Waals surface area (Å²) < 4.78 is 0.173. The molecular formula is C11H9ClN4O3S. The van der Waals surface area contributed by atoms with E-state index in [9.17, 15) is 14.9 Å². The number of hydrogen-bond acceptors (Lipinski definition) is 6. The Kier molecular flexibility index (Phi) is 3.96. The van der Waals surface area contributed by atoms with Crippen LogP contribution in [-0.4, -0.2) is 21.0 Å². The molecule has 0 aliphatic rings. The van der Waals surface area contributed by atoms with E-state index in [-0.39, 0.29) is 15.2 Å². The zero-order valence-corrected chi connectivity index (χ0v) is 12.1. The molecule has 2 rings (SSSR count). The zero-order valence-electron chi connectivity index (χ0n) is 10.5. The summed E-state index contributed by atoms with van der Waals surface area (Å²) in [6, 6.07) is 2.96. The summed E-state index contributed by atoms with van der Waals surface area (Å²) >= 11 is 6.57. The molecule has 0 radical (unpaired) electrons. The second-order valence-corrected chi connectivity index (χ2v) is 5.58. The molecule has 1 amide bonds. The van der Waals surface area contributed by atoms with Crippen LogP contribution in [0.4, 0.5) is 11.4 Å². The van der Waals surface area contributed by atoms with E-state index in [0.717, 1.165) is 11.3 Å². The Morgan fingerprint density at radius 3 is 2.60 bits per heavy atom. The predicted molar refractivity (Wildman–Crippen MR) is 75.4 cm³/mol. The summed E-state index contributed by atoms with van der Waals surface area (Å²) in [7, 11) is 0. The number of nitro groups is 1. The van der Waals surface area contributed by atoms with Gasteiger partial charge in [-0.3, -0.25) is 14.9 Å². The SMILES string of the molecule is Cc1cc([N+](=O)[O-])c(C)cc1NC(=O)c1nnc(Cl)s1. The summed E-state index contributed by atoms with van der Waals surface area (Å²) in [5.74, 6) is -0.453. The van der Waals surface area contributed by atoms with E-state index in [1.165, 1.54) is 6.07 Å². The summed E-state index contributed by atoms with van der Waals surface area (Å²) in [6.07, 6.45) is 0. The van der Waals surface area contributed by atoms with Crippen molar-refractivity contribution in [2.45, 2.75) is 13.8 Å². The van der Waals surface area contributed by atoms with Gasteiger partial charge in [0.25, 0.3) is 11.6 Å². The van der Waals surface area contributed by atoms with Crippen molar-refractivity contribution in [3.8, 4) is 0 Å². The first-order valence-corrected chi connectivity index (χ1v) is 6.64. The molecule has 7 nitrogen and oxygen atoms in total. The maximum absolute atomic E-state index is 11.9. The van der Waals surface area contributed by atoms with Crippen molar-refractivity contribution >= 4 is 40.2 Å². The number of aryl methyl sites for hydroxylation is 2. The molecule has 0 saturated heterocycles. The molecule has 0 unspecified atom stereocenters. The predicted octanol–water partition coefficient (Wildman–Crippen LogP) is 2.97. The molecule has 0 fully saturated rings. The number of hydrogen-bond donors (Lipinski definition) is 1. The monoisotopic (exact) mass is 312 g/mol. The Hall–Kier alpha value is -2.06. The van der Waals surface area contributed by atoms with Crippen molar-refractivity contribution in [1.29, 1.82) is 0 Å². The fourth-order valence-electron chi connectivity index (χ4n) is 1.61. The topological polar surface area (TPSA) is 98.0 Å². The fraction of sp³-hybridized carbons (Fsp3) is 0.182. The summed E-state index contributed by atoms with van der Waals surface area (Å²) in [4.78, 5) is 22.3. The lowest BCUT2D eigenvalue weighted by molar-refractivity contribution is -0.385. The van der Waals surface area contributed by atoms with Gasteiger partial charge in [-0.25, -0.2) is 0 Å². The van der Waals surface area contributed by atoms with E-state index in [1.807, 2.05) is 0 Å². The van der Waals surface area contributed by atoms with Crippen LogP contribution in [0.3, 0.4) is 0 Å². The first-order chi connectivity index (χ1) is 9.38. The van der Waals surface area contributed by atoms with Crippen LogP contribution in [0.25, 0.3) is 0 Å². The largest absolute Gasteiger partial charge is 0.320 e. The molecule has 9 heteroatoms. The quantitative estimate of drug-likeness (QED) is 0.694. The van der Waals surface area contributed by atoms with Crippen LogP contribution in [0.1, 0.15) is 20.9 Å². The third-order valence-corrected chi connectivity index (χ3v) is 3.60. The van der Waals surface area contributed by atoms with E-state index in [4.69, 9.17) is 11.6 Å². The zero-order chi connectivity index (χ0) is 14.9. The first kappa shape index (κ1) is 14.4. The van der Waals surface area contributed by atoms with E-state index >= 15 is 0 Å². The van der Waals surface area contributed by atoms with Gasteiger partial charge in [-0.05, 0) is 37.1 Å². The van der Waals surface area contributed by atoms with Crippen LogP contribution < -0.4 is 5.32 Å². The number of carbonyl (C=O) groups is 1. The molecule has 0 spiro atoms. The first-order valence-electron chi connectivity index (χ1n) is 5.44. The lowest BCUT2D eigenvalue weighted by Gasteiger charge is -2.08. The number of halogens is 1. The maximum atomic E-state index is 11.9. The normalized spacial score (nSPS) is 10.3. The van der Waals surface area contributed by atoms with Crippen LogP contribution in [-0.2, 0) is 0 Å². The molecule has 0 saturated carbocycles. The second kappa shape index (κ2) is 5.51. The van der Waals surface area contributed by atoms with Crippen LogP contribution >= 0.6 is 22.9 Å². The third-order valence-electron chi connectivity index (χ3n) is 2.58. The van der Waals surface area contributed by atoms with Crippen molar-refractivity contribution < 1.29 is 9.72 Å². The molecule has 0 atom stereocenters. The van der Waals surface area contributed by atoms with Crippen molar-refractivity contribution in [2.24, 2.45) is 0 Å². The molecule has 20 heavy (non-hydrogen) atoms. The van der Waals surface area contributed by atoms with Crippen LogP contribution in [0, 0.1) is 24.0 Å². The van der Waals surface area contributed by atoms with E-state index < -0.39 is 10.8 Å². The minimum Gasteiger partial charge on any atom is -0.320 e. The summed E-state index contributed by atoms with van der Waals surface area (Å²) in [5, 5.41) is 20.7. The van der Waals surface area contributed by atoms with Gasteiger partial charge < -0.3 is 5.32 Å².